The summed E-state index contributed by atoms with van der Waals surface area (Å²) in [6.07, 6.45) is 0.251. The third-order valence-corrected chi connectivity index (χ3v) is 4.33. The number of ether oxygens (including phenoxy) is 2. The van der Waals surface area contributed by atoms with Crippen LogP contribution in [0.3, 0.4) is 0 Å². The molecule has 0 atom stereocenters. The zero-order valence-electron chi connectivity index (χ0n) is 16.0. The molecule has 1 N–H and O–H groups in total. The molecule has 9 nitrogen and oxygen atoms in total. The first kappa shape index (κ1) is 20.7. The number of imide groups is 1. The van der Waals surface area contributed by atoms with Gasteiger partial charge in [-0.15, -0.1) is 0 Å². The fraction of sp³-hybridized carbons (Fsp3) is 0.190. The maximum atomic E-state index is 12.3. The molecule has 0 saturated carbocycles. The van der Waals surface area contributed by atoms with Gasteiger partial charge in [-0.05, 0) is 30.3 Å². The second kappa shape index (κ2) is 8.99. The number of carbonyl (C=O) groups excluding carboxylic acids is 5. The van der Waals surface area contributed by atoms with Gasteiger partial charge in [0.1, 0.15) is 0 Å². The van der Waals surface area contributed by atoms with Crippen molar-refractivity contribution in [3.63, 3.8) is 0 Å². The van der Waals surface area contributed by atoms with E-state index >= 15 is 0 Å². The van der Waals surface area contributed by atoms with Gasteiger partial charge in [0.15, 0.2) is 6.61 Å². The molecule has 0 aliphatic carbocycles. The standard InChI is InChI=1S/C21H18N2O7/c1-29-21(28)15-7-2-3-8-16(15)22-17(24)12-30-20(27)13-5-4-6-14(11-13)23-18(25)9-10-19(23)26/h2-8,11H,9-10,12H2,1H3,(H,22,24). The number of amides is 3. The number of carbonyl (C=O) groups is 5. The van der Waals surface area contributed by atoms with Gasteiger partial charge in [-0.2, -0.15) is 0 Å². The second-order valence-electron chi connectivity index (χ2n) is 6.33. The lowest BCUT2D eigenvalue weighted by Crippen LogP contribution is -2.28. The van der Waals surface area contributed by atoms with Crippen molar-refractivity contribution in [1.29, 1.82) is 0 Å². The quantitative estimate of drug-likeness (QED) is 0.571. The Kier molecular flexibility index (Phi) is 6.21. The molecule has 1 aliphatic rings. The average Bonchev–Trinajstić information content (AvgIpc) is 3.10. The third-order valence-electron chi connectivity index (χ3n) is 4.33. The maximum Gasteiger partial charge on any atom is 0.339 e. The topological polar surface area (TPSA) is 119 Å². The predicted octanol–water partition coefficient (Wildman–Crippen LogP) is 1.92. The van der Waals surface area contributed by atoms with Gasteiger partial charge in [-0.3, -0.25) is 19.3 Å². The van der Waals surface area contributed by atoms with Gasteiger partial charge in [-0.25, -0.2) is 9.59 Å². The molecule has 2 aromatic rings. The summed E-state index contributed by atoms with van der Waals surface area (Å²) < 4.78 is 9.66. The Morgan fingerprint density at radius 3 is 2.37 bits per heavy atom. The molecule has 30 heavy (non-hydrogen) atoms. The molecule has 154 valence electrons. The van der Waals surface area contributed by atoms with Gasteiger partial charge in [-0.1, -0.05) is 18.2 Å². The third kappa shape index (κ3) is 4.52. The highest BCUT2D eigenvalue weighted by Crippen LogP contribution is 2.23. The number of esters is 2. The van der Waals surface area contributed by atoms with Crippen LogP contribution >= 0.6 is 0 Å². The molecule has 1 heterocycles. The highest BCUT2D eigenvalue weighted by atomic mass is 16.5. The summed E-state index contributed by atoms with van der Waals surface area (Å²) in [5.74, 6) is -2.75. The van der Waals surface area contributed by atoms with E-state index in [-0.39, 0.29) is 47.2 Å². The first-order chi connectivity index (χ1) is 14.4. The predicted molar refractivity (Wildman–Crippen MR) is 105 cm³/mol. The molecule has 0 radical (unpaired) electrons. The number of rotatable bonds is 6. The Balaban J connectivity index is 1.63. The maximum absolute atomic E-state index is 12.3. The molecule has 3 rings (SSSR count). The van der Waals surface area contributed by atoms with Crippen molar-refractivity contribution >= 4 is 41.0 Å². The molecule has 9 heteroatoms. The fourth-order valence-electron chi connectivity index (χ4n) is 2.92. The van der Waals surface area contributed by atoms with Crippen molar-refractivity contribution in [3.05, 3.63) is 59.7 Å². The molecule has 1 aliphatic heterocycles. The summed E-state index contributed by atoms with van der Waals surface area (Å²) in [4.78, 5) is 60.9. The van der Waals surface area contributed by atoms with E-state index in [0.717, 1.165) is 4.90 Å². The number of benzene rings is 2. The van der Waals surface area contributed by atoms with E-state index in [2.05, 4.69) is 10.1 Å². The number of para-hydroxylation sites is 1. The number of hydrogen-bond donors (Lipinski definition) is 1. The van der Waals surface area contributed by atoms with E-state index in [1.165, 1.54) is 43.5 Å². The summed E-state index contributed by atoms with van der Waals surface area (Å²) >= 11 is 0. The van der Waals surface area contributed by atoms with E-state index in [9.17, 15) is 24.0 Å². The van der Waals surface area contributed by atoms with Crippen LogP contribution in [-0.4, -0.2) is 43.4 Å². The zero-order valence-corrected chi connectivity index (χ0v) is 16.0. The van der Waals surface area contributed by atoms with Crippen molar-refractivity contribution in [1.82, 2.24) is 0 Å². The summed E-state index contributed by atoms with van der Waals surface area (Å²) in [5.41, 5.74) is 0.738. The highest BCUT2D eigenvalue weighted by Gasteiger charge is 2.30. The molecule has 1 saturated heterocycles. The number of hydrogen-bond acceptors (Lipinski definition) is 7. The lowest BCUT2D eigenvalue weighted by molar-refractivity contribution is -0.121. The van der Waals surface area contributed by atoms with Gasteiger partial charge in [0.05, 0.1) is 29.6 Å². The first-order valence-electron chi connectivity index (χ1n) is 9.01. The van der Waals surface area contributed by atoms with Crippen molar-refractivity contribution in [2.75, 3.05) is 23.9 Å². The summed E-state index contributed by atoms with van der Waals surface area (Å²) in [7, 11) is 1.22. The molecule has 0 aromatic heterocycles. The van der Waals surface area contributed by atoms with Gasteiger partial charge < -0.3 is 14.8 Å². The monoisotopic (exact) mass is 410 g/mol. The Morgan fingerprint density at radius 1 is 0.967 bits per heavy atom. The van der Waals surface area contributed by atoms with Crippen molar-refractivity contribution in [3.8, 4) is 0 Å². The summed E-state index contributed by atoms with van der Waals surface area (Å²) in [6.45, 7) is -0.597. The highest BCUT2D eigenvalue weighted by molar-refractivity contribution is 6.20. The van der Waals surface area contributed by atoms with E-state index < -0.39 is 24.5 Å². The van der Waals surface area contributed by atoms with E-state index in [1.54, 1.807) is 12.1 Å². The first-order valence-corrected chi connectivity index (χ1v) is 9.01. The minimum Gasteiger partial charge on any atom is -0.465 e. The van der Waals surface area contributed by atoms with E-state index in [4.69, 9.17) is 4.74 Å². The van der Waals surface area contributed by atoms with Crippen LogP contribution < -0.4 is 10.2 Å². The Morgan fingerprint density at radius 2 is 1.67 bits per heavy atom. The van der Waals surface area contributed by atoms with Crippen LogP contribution in [0.1, 0.15) is 33.6 Å². The lowest BCUT2D eigenvalue weighted by atomic mass is 10.2. The largest absolute Gasteiger partial charge is 0.465 e. The van der Waals surface area contributed by atoms with Gasteiger partial charge in [0.25, 0.3) is 5.91 Å². The molecule has 0 spiro atoms. The molecule has 0 bridgehead atoms. The summed E-state index contributed by atoms with van der Waals surface area (Å²) in [5, 5.41) is 2.49. The molecule has 0 unspecified atom stereocenters. The van der Waals surface area contributed by atoms with Crippen LogP contribution in [0.2, 0.25) is 0 Å². The van der Waals surface area contributed by atoms with Crippen LogP contribution in [0, 0.1) is 0 Å². The van der Waals surface area contributed by atoms with Crippen LogP contribution in [0.25, 0.3) is 0 Å². The lowest BCUT2D eigenvalue weighted by Gasteiger charge is -2.14. The average molecular weight is 410 g/mol. The molecule has 2 aromatic carbocycles. The summed E-state index contributed by atoms with van der Waals surface area (Å²) in [6, 6.07) is 12.1. The van der Waals surface area contributed by atoms with Crippen LogP contribution in [-0.2, 0) is 23.9 Å². The Hall–Kier alpha value is -4.01. The number of nitrogens with zero attached hydrogens (tertiary/aromatic N) is 1. The van der Waals surface area contributed by atoms with E-state index in [0.29, 0.717) is 0 Å². The second-order valence-corrected chi connectivity index (χ2v) is 6.33. The number of methoxy groups -OCH3 is 1. The van der Waals surface area contributed by atoms with E-state index in [1.807, 2.05) is 0 Å². The fourth-order valence-corrected chi connectivity index (χ4v) is 2.92. The van der Waals surface area contributed by atoms with Crippen LogP contribution in [0.4, 0.5) is 11.4 Å². The van der Waals surface area contributed by atoms with Crippen molar-refractivity contribution in [2.24, 2.45) is 0 Å². The van der Waals surface area contributed by atoms with Gasteiger partial charge in [0, 0.05) is 12.8 Å². The molecule has 1 fully saturated rings. The van der Waals surface area contributed by atoms with Crippen molar-refractivity contribution < 1.29 is 33.4 Å². The van der Waals surface area contributed by atoms with Gasteiger partial charge >= 0.3 is 11.9 Å². The molecular formula is C21H18N2O7. The smallest absolute Gasteiger partial charge is 0.339 e. The van der Waals surface area contributed by atoms with Crippen LogP contribution in [0.15, 0.2) is 48.5 Å². The zero-order chi connectivity index (χ0) is 21.7. The number of anilines is 2. The SMILES string of the molecule is COC(=O)c1ccccc1NC(=O)COC(=O)c1cccc(N2C(=O)CCC2=O)c1. The molecule has 3 amide bonds. The van der Waals surface area contributed by atoms with Crippen LogP contribution in [0.5, 0.6) is 0 Å². The minimum absolute atomic E-state index is 0.0859. The van der Waals surface area contributed by atoms with Gasteiger partial charge in [0.2, 0.25) is 11.8 Å². The Labute approximate surface area is 171 Å². The molecular weight excluding hydrogens is 392 g/mol. The Bertz CT molecular complexity index is 1020. The normalized spacial score (nSPS) is 13.2. The van der Waals surface area contributed by atoms with Crippen molar-refractivity contribution in [2.45, 2.75) is 12.8 Å². The minimum atomic E-state index is -0.799. The number of nitrogens with one attached hydrogen (secondary N) is 1.